The van der Waals surface area contributed by atoms with Crippen LogP contribution in [-0.2, 0) is 18.4 Å². The summed E-state index contributed by atoms with van der Waals surface area (Å²) in [5.41, 5.74) is 0. The predicted octanol–water partition coefficient (Wildman–Crippen LogP) is 16.3. The Labute approximate surface area is 415 Å². The lowest BCUT2D eigenvalue weighted by Gasteiger charge is -2.29. The van der Waals surface area contributed by atoms with Gasteiger partial charge in [0.25, 0.3) is 7.82 Å². The Bertz CT molecular complexity index is 1270. The number of amides is 1. The summed E-state index contributed by atoms with van der Waals surface area (Å²) in [4.78, 5) is 25.3. The summed E-state index contributed by atoms with van der Waals surface area (Å²) in [6.45, 7) is 4.50. The number of allylic oxidation sites excluding steroid dienone is 9. The molecule has 0 saturated heterocycles. The third-order valence-electron chi connectivity index (χ3n) is 12.5. The van der Waals surface area contributed by atoms with Crippen LogP contribution in [0.3, 0.4) is 0 Å². The van der Waals surface area contributed by atoms with Crippen molar-refractivity contribution in [1.82, 2.24) is 5.32 Å². The molecular weight excluding hydrogens is 852 g/mol. The second-order valence-electron chi connectivity index (χ2n) is 20.3. The van der Waals surface area contributed by atoms with Gasteiger partial charge in [0, 0.05) is 6.42 Å². The molecule has 0 aromatic rings. The highest BCUT2D eigenvalue weighted by Gasteiger charge is 2.23. The van der Waals surface area contributed by atoms with Crippen LogP contribution < -0.4 is 10.2 Å². The quantitative estimate of drug-likeness (QED) is 0.0272. The molecule has 9 heteroatoms. The first kappa shape index (κ1) is 65.2. The Kier molecular flexibility index (Phi) is 47.9. The summed E-state index contributed by atoms with van der Waals surface area (Å²) in [5.74, 6) is -0.198. The Morgan fingerprint density at radius 3 is 1.33 bits per heavy atom. The molecule has 0 spiro atoms. The molecule has 2 N–H and O–H groups in total. The minimum absolute atomic E-state index is 0.000781. The molecule has 0 saturated carbocycles. The number of aliphatic hydroxyl groups is 1. The van der Waals surface area contributed by atoms with E-state index in [0.717, 1.165) is 64.2 Å². The van der Waals surface area contributed by atoms with Gasteiger partial charge in [-0.25, -0.2) is 0 Å². The average Bonchev–Trinajstić information content (AvgIpc) is 3.29. The second kappa shape index (κ2) is 49.2. The molecule has 392 valence electrons. The number of carbonyl (C=O) groups excluding carboxylic acids is 1. The number of quaternary nitrogens is 1. The van der Waals surface area contributed by atoms with Crippen molar-refractivity contribution in [1.29, 1.82) is 0 Å². The summed E-state index contributed by atoms with van der Waals surface area (Å²) in [6.07, 6.45) is 66.3. The van der Waals surface area contributed by atoms with Crippen LogP contribution in [0.4, 0.5) is 0 Å². The summed E-state index contributed by atoms with van der Waals surface area (Å²) in [5, 5.41) is 13.7. The van der Waals surface area contributed by atoms with E-state index in [0.29, 0.717) is 17.4 Å². The average molecular weight is 961 g/mol. The standard InChI is InChI=1S/C58H109N2O6P/c1-6-8-10-12-14-16-17-18-19-20-21-22-23-24-25-26-27-28-29-30-31-32-33-34-35-36-37-38-39-40-41-42-43-44-46-48-50-52-58(62)59-56(55-66-67(63,64)65-54-53-60(3,4)5)57(61)51-49-47-45-15-13-11-9-7-2/h8,10,14,16,18-19,21-22,49,51,56-57,61H,6-7,9,11-13,15,17,20,23-48,50,52-55H2,1-5H3,(H-,59,62,63,64)/b10-8-,16-14-,19-18-,22-21-,51-49+. The van der Waals surface area contributed by atoms with Crippen LogP contribution in [0.25, 0.3) is 0 Å². The van der Waals surface area contributed by atoms with Gasteiger partial charge in [-0.1, -0.05) is 248 Å². The summed E-state index contributed by atoms with van der Waals surface area (Å²) in [7, 11) is 1.26. The van der Waals surface area contributed by atoms with Crippen molar-refractivity contribution in [3.8, 4) is 0 Å². The number of hydrogen-bond acceptors (Lipinski definition) is 6. The van der Waals surface area contributed by atoms with Crippen LogP contribution in [0.1, 0.15) is 251 Å². The van der Waals surface area contributed by atoms with Gasteiger partial charge in [-0.3, -0.25) is 9.36 Å². The van der Waals surface area contributed by atoms with Gasteiger partial charge in [0.05, 0.1) is 39.9 Å². The summed E-state index contributed by atoms with van der Waals surface area (Å²) < 4.78 is 23.2. The maximum atomic E-state index is 12.9. The van der Waals surface area contributed by atoms with Gasteiger partial charge in [-0.15, -0.1) is 0 Å². The normalized spacial score (nSPS) is 14.4. The monoisotopic (exact) mass is 961 g/mol. The molecular formula is C58H109N2O6P. The topological polar surface area (TPSA) is 108 Å². The van der Waals surface area contributed by atoms with Crippen molar-refractivity contribution in [3.63, 3.8) is 0 Å². The van der Waals surface area contributed by atoms with Crippen LogP contribution in [0.15, 0.2) is 60.8 Å². The number of carbonyl (C=O) groups is 1. The second-order valence-corrected chi connectivity index (χ2v) is 21.7. The van der Waals surface area contributed by atoms with E-state index < -0.39 is 20.0 Å². The van der Waals surface area contributed by atoms with Crippen LogP contribution >= 0.6 is 7.82 Å². The number of hydrogen-bond donors (Lipinski definition) is 2. The van der Waals surface area contributed by atoms with E-state index in [1.165, 1.54) is 167 Å². The van der Waals surface area contributed by atoms with Crippen molar-refractivity contribution < 1.29 is 32.9 Å². The lowest BCUT2D eigenvalue weighted by molar-refractivity contribution is -0.870. The van der Waals surface area contributed by atoms with E-state index in [1.54, 1.807) is 6.08 Å². The molecule has 0 bridgehead atoms. The molecule has 0 heterocycles. The highest BCUT2D eigenvalue weighted by molar-refractivity contribution is 7.45. The zero-order valence-corrected chi connectivity index (χ0v) is 45.5. The van der Waals surface area contributed by atoms with Gasteiger partial charge >= 0.3 is 0 Å². The fourth-order valence-corrected chi connectivity index (χ4v) is 8.81. The number of nitrogens with zero attached hydrogens (tertiary/aromatic N) is 1. The summed E-state index contributed by atoms with van der Waals surface area (Å²) >= 11 is 0. The van der Waals surface area contributed by atoms with Gasteiger partial charge in [-0.2, -0.15) is 0 Å². The van der Waals surface area contributed by atoms with Crippen molar-refractivity contribution in [3.05, 3.63) is 60.8 Å². The van der Waals surface area contributed by atoms with Crippen molar-refractivity contribution in [2.45, 2.75) is 264 Å². The first-order valence-corrected chi connectivity index (χ1v) is 29.6. The number of rotatable bonds is 51. The largest absolute Gasteiger partial charge is 0.756 e. The van der Waals surface area contributed by atoms with Gasteiger partial charge in [-0.05, 0) is 57.8 Å². The highest BCUT2D eigenvalue weighted by atomic mass is 31.2. The molecule has 0 aromatic heterocycles. The van der Waals surface area contributed by atoms with Gasteiger partial charge in [0.15, 0.2) is 0 Å². The van der Waals surface area contributed by atoms with E-state index in [2.05, 4.69) is 67.8 Å². The SMILES string of the molecule is CC/C=C\C/C=C\C/C=C\C/C=C\CCCCCCCCCCCCCCCCCCCCCCCCCCC(=O)NC(COP(=O)([O-])OCC[N+](C)(C)C)C(O)/C=C/CCCCCCCC. The van der Waals surface area contributed by atoms with E-state index in [4.69, 9.17) is 9.05 Å². The zero-order chi connectivity index (χ0) is 49.2. The van der Waals surface area contributed by atoms with E-state index >= 15 is 0 Å². The van der Waals surface area contributed by atoms with Gasteiger partial charge < -0.3 is 28.8 Å². The molecule has 3 unspecified atom stereocenters. The Hall–Kier alpha value is -1.80. The maximum absolute atomic E-state index is 12.9. The van der Waals surface area contributed by atoms with Crippen LogP contribution in [0, 0.1) is 0 Å². The molecule has 0 rings (SSSR count). The number of phosphoric ester groups is 1. The fraction of sp³-hybridized carbons (Fsp3) is 0.810. The number of likely N-dealkylation sites (N-methyl/N-ethyl adjacent to an activating group) is 1. The Morgan fingerprint density at radius 2 is 0.910 bits per heavy atom. The number of nitrogens with one attached hydrogen (secondary N) is 1. The third-order valence-corrected chi connectivity index (χ3v) is 13.4. The fourth-order valence-electron chi connectivity index (χ4n) is 8.09. The molecule has 1 amide bonds. The first-order valence-electron chi connectivity index (χ1n) is 28.2. The van der Waals surface area contributed by atoms with E-state index in [1.807, 2.05) is 27.2 Å². The minimum atomic E-state index is -4.58. The molecule has 0 aliphatic heterocycles. The van der Waals surface area contributed by atoms with Crippen LogP contribution in [0.5, 0.6) is 0 Å². The molecule has 8 nitrogen and oxygen atoms in total. The van der Waals surface area contributed by atoms with Crippen LogP contribution in [0.2, 0.25) is 0 Å². The predicted molar refractivity (Wildman–Crippen MR) is 288 cm³/mol. The van der Waals surface area contributed by atoms with Gasteiger partial charge in [0.2, 0.25) is 5.91 Å². The molecule has 0 aliphatic carbocycles. The number of aliphatic hydroxyl groups excluding tert-OH is 1. The summed E-state index contributed by atoms with van der Waals surface area (Å²) in [6, 6.07) is -0.883. The van der Waals surface area contributed by atoms with E-state index in [-0.39, 0.29) is 19.1 Å². The number of phosphoric acid groups is 1. The van der Waals surface area contributed by atoms with Crippen molar-refractivity contribution >= 4 is 13.7 Å². The highest BCUT2D eigenvalue weighted by Crippen LogP contribution is 2.38. The molecule has 0 aromatic carbocycles. The minimum Gasteiger partial charge on any atom is -0.756 e. The lowest BCUT2D eigenvalue weighted by Crippen LogP contribution is -2.45. The molecule has 0 radical (unpaired) electrons. The molecule has 0 aliphatic rings. The van der Waals surface area contributed by atoms with E-state index in [9.17, 15) is 19.4 Å². The van der Waals surface area contributed by atoms with Crippen molar-refractivity contribution in [2.24, 2.45) is 0 Å². The van der Waals surface area contributed by atoms with Gasteiger partial charge in [0.1, 0.15) is 13.2 Å². The zero-order valence-electron chi connectivity index (χ0n) is 44.6. The maximum Gasteiger partial charge on any atom is 0.268 e. The molecule has 67 heavy (non-hydrogen) atoms. The lowest BCUT2D eigenvalue weighted by atomic mass is 10.0. The number of unbranched alkanes of at least 4 members (excludes halogenated alkanes) is 30. The first-order chi connectivity index (χ1) is 32.5. The smallest absolute Gasteiger partial charge is 0.268 e. The Morgan fingerprint density at radius 1 is 0.537 bits per heavy atom. The molecule has 0 fully saturated rings. The van der Waals surface area contributed by atoms with Crippen LogP contribution in [-0.4, -0.2) is 68.5 Å². The third kappa shape index (κ3) is 51.9. The Balaban J connectivity index is 3.82. The molecule has 3 atom stereocenters. The van der Waals surface area contributed by atoms with Crippen molar-refractivity contribution in [2.75, 3.05) is 40.9 Å².